The van der Waals surface area contributed by atoms with E-state index in [0.717, 1.165) is 6.42 Å². The zero-order valence-electron chi connectivity index (χ0n) is 8.32. The first-order chi connectivity index (χ1) is 6.08. The molecule has 3 heteroatoms. The normalized spacial score (nSPS) is 24.9. The van der Waals surface area contributed by atoms with Crippen LogP contribution in [0, 0.1) is 11.8 Å². The molecule has 1 saturated heterocycles. The first kappa shape index (κ1) is 10.5. The van der Waals surface area contributed by atoms with E-state index in [1.807, 2.05) is 0 Å². The summed E-state index contributed by atoms with van der Waals surface area (Å²) in [6.07, 6.45) is 1.71. The summed E-state index contributed by atoms with van der Waals surface area (Å²) in [5.41, 5.74) is 0. The van der Waals surface area contributed by atoms with Gasteiger partial charge in [-0.05, 0) is 18.8 Å². The number of hydrogen-bond acceptors (Lipinski definition) is 3. The first-order valence-corrected chi connectivity index (χ1v) is 4.91. The van der Waals surface area contributed by atoms with Crippen LogP contribution in [0.4, 0.5) is 0 Å². The second kappa shape index (κ2) is 4.61. The van der Waals surface area contributed by atoms with Crippen LogP contribution in [-0.4, -0.2) is 23.8 Å². The molecule has 1 rings (SSSR count). The second-order valence-corrected chi connectivity index (χ2v) is 4.27. The molecule has 2 atom stereocenters. The van der Waals surface area contributed by atoms with E-state index < -0.39 is 0 Å². The quantitative estimate of drug-likeness (QED) is 0.674. The van der Waals surface area contributed by atoms with Crippen LogP contribution in [0.3, 0.4) is 0 Å². The van der Waals surface area contributed by atoms with Gasteiger partial charge in [-0.1, -0.05) is 13.8 Å². The van der Waals surface area contributed by atoms with Crippen molar-refractivity contribution >= 4 is 5.97 Å². The minimum absolute atomic E-state index is 0.123. The highest BCUT2D eigenvalue weighted by Gasteiger charge is 2.25. The van der Waals surface area contributed by atoms with E-state index in [9.17, 15) is 9.90 Å². The molecule has 1 fully saturated rings. The van der Waals surface area contributed by atoms with Crippen LogP contribution in [-0.2, 0) is 9.53 Å². The molecule has 0 amide bonds. The smallest absolute Gasteiger partial charge is 0.306 e. The van der Waals surface area contributed by atoms with E-state index in [1.54, 1.807) is 0 Å². The van der Waals surface area contributed by atoms with Crippen LogP contribution in [0.1, 0.15) is 33.1 Å². The summed E-state index contributed by atoms with van der Waals surface area (Å²) in [7, 11) is 0. The summed E-state index contributed by atoms with van der Waals surface area (Å²) in [6.45, 7) is 4.66. The minimum atomic E-state index is -0.278. The van der Waals surface area contributed by atoms with Crippen LogP contribution in [0.25, 0.3) is 0 Å². The fourth-order valence-corrected chi connectivity index (χ4v) is 1.74. The maximum absolute atomic E-state index is 10.8. The highest BCUT2D eigenvalue weighted by atomic mass is 16.5. The van der Waals surface area contributed by atoms with Gasteiger partial charge in [0.25, 0.3) is 0 Å². The van der Waals surface area contributed by atoms with Crippen molar-refractivity contribution < 1.29 is 14.6 Å². The lowest BCUT2D eigenvalue weighted by atomic mass is 9.95. The molecule has 2 unspecified atom stereocenters. The number of carbonyl (C=O) groups excluding carboxylic acids is 1. The SMILES string of the molecule is CC(C)CC(O)CC1COC(=O)C1. The van der Waals surface area contributed by atoms with E-state index in [2.05, 4.69) is 13.8 Å². The molecule has 0 saturated carbocycles. The van der Waals surface area contributed by atoms with E-state index in [4.69, 9.17) is 4.74 Å². The Labute approximate surface area is 79.1 Å². The molecule has 0 aromatic rings. The van der Waals surface area contributed by atoms with Crippen molar-refractivity contribution in [2.24, 2.45) is 11.8 Å². The number of ether oxygens (including phenoxy) is 1. The molecule has 76 valence electrons. The lowest BCUT2D eigenvalue weighted by molar-refractivity contribution is -0.137. The van der Waals surface area contributed by atoms with E-state index in [-0.39, 0.29) is 18.0 Å². The lowest BCUT2D eigenvalue weighted by Gasteiger charge is -2.15. The standard InChI is InChI=1S/C10H18O3/c1-7(2)3-9(11)4-8-5-10(12)13-6-8/h7-9,11H,3-6H2,1-2H3. The van der Waals surface area contributed by atoms with Crippen LogP contribution >= 0.6 is 0 Å². The van der Waals surface area contributed by atoms with Gasteiger partial charge in [0, 0.05) is 5.92 Å². The highest BCUT2D eigenvalue weighted by molar-refractivity contribution is 5.71. The fraction of sp³-hybridized carbons (Fsp3) is 0.900. The molecule has 1 heterocycles. The number of esters is 1. The van der Waals surface area contributed by atoms with Crippen molar-refractivity contribution in [2.45, 2.75) is 39.2 Å². The number of hydrogen-bond donors (Lipinski definition) is 1. The van der Waals surface area contributed by atoms with Crippen molar-refractivity contribution in [2.75, 3.05) is 6.61 Å². The van der Waals surface area contributed by atoms with E-state index >= 15 is 0 Å². The van der Waals surface area contributed by atoms with Gasteiger partial charge in [0.1, 0.15) is 0 Å². The van der Waals surface area contributed by atoms with E-state index in [0.29, 0.717) is 25.4 Å². The predicted octanol–water partition coefficient (Wildman–Crippen LogP) is 1.35. The zero-order chi connectivity index (χ0) is 9.84. The molecular formula is C10H18O3. The Morgan fingerprint density at radius 3 is 2.77 bits per heavy atom. The topological polar surface area (TPSA) is 46.5 Å². The molecule has 0 radical (unpaired) electrons. The Morgan fingerprint density at radius 2 is 2.31 bits per heavy atom. The molecule has 0 aliphatic carbocycles. The minimum Gasteiger partial charge on any atom is -0.465 e. The molecule has 13 heavy (non-hydrogen) atoms. The van der Waals surface area contributed by atoms with Gasteiger partial charge in [0.05, 0.1) is 19.1 Å². The van der Waals surface area contributed by atoms with E-state index in [1.165, 1.54) is 0 Å². The summed E-state index contributed by atoms with van der Waals surface area (Å²) in [6, 6.07) is 0. The van der Waals surface area contributed by atoms with Crippen LogP contribution < -0.4 is 0 Å². The third-order valence-corrected chi connectivity index (χ3v) is 2.28. The first-order valence-electron chi connectivity index (χ1n) is 4.91. The highest BCUT2D eigenvalue weighted by Crippen LogP contribution is 2.21. The van der Waals surface area contributed by atoms with Crippen molar-refractivity contribution in [3.8, 4) is 0 Å². The average Bonchev–Trinajstić information content (AvgIpc) is 2.33. The zero-order valence-corrected chi connectivity index (χ0v) is 8.32. The molecule has 0 aromatic heterocycles. The molecule has 0 spiro atoms. The van der Waals surface area contributed by atoms with Crippen LogP contribution in [0.5, 0.6) is 0 Å². The van der Waals surface area contributed by atoms with Crippen molar-refractivity contribution in [3.63, 3.8) is 0 Å². The maximum atomic E-state index is 10.8. The van der Waals surface area contributed by atoms with Gasteiger partial charge in [-0.3, -0.25) is 4.79 Å². The average molecular weight is 186 g/mol. The van der Waals surface area contributed by atoms with Gasteiger partial charge in [0.15, 0.2) is 0 Å². The molecule has 3 nitrogen and oxygen atoms in total. The third kappa shape index (κ3) is 3.77. The summed E-state index contributed by atoms with van der Waals surface area (Å²) in [5, 5.41) is 9.60. The number of cyclic esters (lactones) is 1. The van der Waals surface area contributed by atoms with Gasteiger partial charge in [-0.15, -0.1) is 0 Å². The Bertz CT molecular complexity index is 177. The Kier molecular flexibility index (Phi) is 3.72. The third-order valence-electron chi connectivity index (χ3n) is 2.28. The molecule has 0 bridgehead atoms. The van der Waals surface area contributed by atoms with Crippen LogP contribution in [0.15, 0.2) is 0 Å². The van der Waals surface area contributed by atoms with Crippen LogP contribution in [0.2, 0.25) is 0 Å². The largest absolute Gasteiger partial charge is 0.465 e. The number of carbonyl (C=O) groups is 1. The summed E-state index contributed by atoms with van der Waals surface area (Å²) < 4.78 is 4.82. The van der Waals surface area contributed by atoms with Gasteiger partial charge in [-0.25, -0.2) is 0 Å². The molecule has 0 aromatic carbocycles. The monoisotopic (exact) mass is 186 g/mol. The molecule has 1 aliphatic heterocycles. The van der Waals surface area contributed by atoms with Gasteiger partial charge in [0.2, 0.25) is 0 Å². The Morgan fingerprint density at radius 1 is 1.62 bits per heavy atom. The Balaban J connectivity index is 2.20. The van der Waals surface area contributed by atoms with Crippen molar-refractivity contribution in [1.29, 1.82) is 0 Å². The molecular weight excluding hydrogens is 168 g/mol. The van der Waals surface area contributed by atoms with Crippen molar-refractivity contribution in [1.82, 2.24) is 0 Å². The van der Waals surface area contributed by atoms with Gasteiger partial charge < -0.3 is 9.84 Å². The predicted molar refractivity (Wildman–Crippen MR) is 49.1 cm³/mol. The summed E-state index contributed by atoms with van der Waals surface area (Å²) in [4.78, 5) is 10.8. The van der Waals surface area contributed by atoms with Gasteiger partial charge >= 0.3 is 5.97 Å². The molecule has 1 N–H and O–H groups in total. The summed E-state index contributed by atoms with van der Waals surface area (Å²) in [5.74, 6) is 0.621. The second-order valence-electron chi connectivity index (χ2n) is 4.27. The van der Waals surface area contributed by atoms with Gasteiger partial charge in [-0.2, -0.15) is 0 Å². The number of aliphatic hydroxyl groups excluding tert-OH is 1. The number of aliphatic hydroxyl groups is 1. The Hall–Kier alpha value is -0.570. The molecule has 1 aliphatic rings. The summed E-state index contributed by atoms with van der Waals surface area (Å²) >= 11 is 0. The maximum Gasteiger partial charge on any atom is 0.306 e. The lowest BCUT2D eigenvalue weighted by Crippen LogP contribution is -2.15. The fourth-order valence-electron chi connectivity index (χ4n) is 1.74. The van der Waals surface area contributed by atoms with Crippen molar-refractivity contribution in [3.05, 3.63) is 0 Å². The number of rotatable bonds is 4.